The lowest BCUT2D eigenvalue weighted by atomic mass is 10.1. The molecule has 2 aromatic rings. The first-order valence-corrected chi connectivity index (χ1v) is 9.02. The molecule has 1 heterocycles. The van der Waals surface area contributed by atoms with Crippen molar-refractivity contribution in [1.82, 2.24) is 5.32 Å². The number of hydrogen-bond acceptors (Lipinski definition) is 3. The zero-order valence-corrected chi connectivity index (χ0v) is 16.6. The summed E-state index contributed by atoms with van der Waals surface area (Å²) >= 11 is 29.3. The van der Waals surface area contributed by atoms with Gasteiger partial charge >= 0.3 is 0 Å². The summed E-state index contributed by atoms with van der Waals surface area (Å²) in [5.41, 5.74) is 0.570. The molecular weight excluding hydrogens is 438 g/mol. The van der Waals surface area contributed by atoms with Crippen LogP contribution in [0.4, 0.5) is 5.69 Å². The fraction of sp³-hybridized carbons (Fsp3) is 0. The van der Waals surface area contributed by atoms with E-state index in [0.29, 0.717) is 15.6 Å². The molecule has 0 radical (unpaired) electrons. The van der Waals surface area contributed by atoms with Gasteiger partial charge in [0.1, 0.15) is 5.57 Å². The summed E-state index contributed by atoms with van der Waals surface area (Å²) in [4.78, 5) is 26.3. The van der Waals surface area contributed by atoms with Crippen molar-refractivity contribution >= 4 is 87.3 Å². The molecule has 4 nitrogen and oxygen atoms in total. The minimum absolute atomic E-state index is 0.0940. The van der Waals surface area contributed by atoms with E-state index >= 15 is 0 Å². The van der Waals surface area contributed by atoms with Crippen LogP contribution in [0.3, 0.4) is 0 Å². The maximum absolute atomic E-state index is 12.9. The number of carbonyl (C=O) groups excluding carboxylic acids is 2. The van der Waals surface area contributed by atoms with Crippen LogP contribution < -0.4 is 10.2 Å². The first-order valence-electron chi connectivity index (χ1n) is 7.10. The molecule has 0 spiro atoms. The van der Waals surface area contributed by atoms with E-state index in [4.69, 9.17) is 58.6 Å². The molecule has 0 bridgehead atoms. The normalized spacial score (nSPS) is 16.2. The highest BCUT2D eigenvalue weighted by Crippen LogP contribution is 2.34. The van der Waals surface area contributed by atoms with Crippen molar-refractivity contribution in [3.63, 3.8) is 0 Å². The number of halogens is 4. The van der Waals surface area contributed by atoms with Gasteiger partial charge in [-0.2, -0.15) is 0 Å². The van der Waals surface area contributed by atoms with Crippen LogP contribution in [-0.4, -0.2) is 16.9 Å². The molecule has 9 heteroatoms. The number of thiocarbonyl (C=S) groups is 1. The Morgan fingerprint density at radius 2 is 1.73 bits per heavy atom. The number of carbonyl (C=O) groups is 2. The van der Waals surface area contributed by atoms with Gasteiger partial charge in [-0.05, 0) is 48.1 Å². The Labute approximate surface area is 174 Å². The lowest BCUT2D eigenvalue weighted by Crippen LogP contribution is -2.54. The summed E-state index contributed by atoms with van der Waals surface area (Å²) in [6.45, 7) is 0. The quantitative estimate of drug-likeness (QED) is 0.396. The van der Waals surface area contributed by atoms with Gasteiger partial charge in [0.25, 0.3) is 11.8 Å². The smallest absolute Gasteiger partial charge is 0.270 e. The molecule has 0 unspecified atom stereocenters. The minimum atomic E-state index is -0.645. The topological polar surface area (TPSA) is 49.4 Å². The summed E-state index contributed by atoms with van der Waals surface area (Å²) in [7, 11) is 0. The van der Waals surface area contributed by atoms with Crippen molar-refractivity contribution in [2.24, 2.45) is 0 Å². The summed E-state index contributed by atoms with van der Waals surface area (Å²) in [6, 6.07) is 9.48. The molecule has 3 rings (SSSR count). The monoisotopic (exact) mass is 444 g/mol. The fourth-order valence-electron chi connectivity index (χ4n) is 2.32. The van der Waals surface area contributed by atoms with Crippen LogP contribution in [-0.2, 0) is 9.59 Å². The van der Waals surface area contributed by atoms with Gasteiger partial charge in [-0.15, -0.1) is 0 Å². The van der Waals surface area contributed by atoms with E-state index in [9.17, 15) is 9.59 Å². The molecule has 0 atom stereocenters. The number of rotatable bonds is 2. The molecule has 26 heavy (non-hydrogen) atoms. The maximum atomic E-state index is 12.9. The number of anilines is 1. The standard InChI is InChI=1S/C17H8Cl4N2O2S/c18-9-5-4-8(12(20)7-9)6-10-15(24)22-17(26)23(16(10)25)13-3-1-2-11(19)14(13)21/h1-7H,(H,22,24,26)/b10-6+. The lowest BCUT2D eigenvalue weighted by Gasteiger charge is -2.29. The zero-order valence-electron chi connectivity index (χ0n) is 12.7. The second-order valence-corrected chi connectivity index (χ2v) is 7.21. The van der Waals surface area contributed by atoms with Gasteiger partial charge in [0.15, 0.2) is 5.11 Å². The first kappa shape index (κ1) is 19.1. The third-order valence-corrected chi connectivity index (χ3v) is 5.19. The van der Waals surface area contributed by atoms with E-state index in [1.54, 1.807) is 30.3 Å². The highest BCUT2D eigenvalue weighted by atomic mass is 35.5. The van der Waals surface area contributed by atoms with Crippen LogP contribution in [0.2, 0.25) is 20.1 Å². The molecule has 132 valence electrons. The molecule has 1 saturated heterocycles. The largest absolute Gasteiger partial charge is 0.298 e. The van der Waals surface area contributed by atoms with Crippen LogP contribution in [0.15, 0.2) is 42.0 Å². The van der Waals surface area contributed by atoms with E-state index < -0.39 is 11.8 Å². The van der Waals surface area contributed by atoms with Crippen molar-refractivity contribution < 1.29 is 9.59 Å². The predicted octanol–water partition coefficient (Wildman–Crippen LogP) is 5.13. The van der Waals surface area contributed by atoms with Crippen molar-refractivity contribution in [1.29, 1.82) is 0 Å². The van der Waals surface area contributed by atoms with Crippen LogP contribution in [0.5, 0.6) is 0 Å². The summed E-state index contributed by atoms with van der Waals surface area (Å²) < 4.78 is 0. The van der Waals surface area contributed by atoms with Crippen molar-refractivity contribution in [3.05, 3.63) is 67.6 Å². The summed E-state index contributed by atoms with van der Waals surface area (Å²) in [5.74, 6) is -1.28. The van der Waals surface area contributed by atoms with Gasteiger partial charge in [-0.25, -0.2) is 0 Å². The van der Waals surface area contributed by atoms with E-state index in [0.717, 1.165) is 4.90 Å². The van der Waals surface area contributed by atoms with E-state index in [1.165, 1.54) is 12.1 Å². The molecule has 0 aliphatic carbocycles. The minimum Gasteiger partial charge on any atom is -0.298 e. The molecule has 2 aromatic carbocycles. The maximum Gasteiger partial charge on any atom is 0.270 e. The average molecular weight is 446 g/mol. The van der Waals surface area contributed by atoms with E-state index in [-0.39, 0.29) is 26.4 Å². The van der Waals surface area contributed by atoms with Gasteiger partial charge in [-0.1, -0.05) is 58.5 Å². The van der Waals surface area contributed by atoms with Gasteiger partial charge in [0, 0.05) is 10.0 Å². The molecule has 1 aliphatic rings. The van der Waals surface area contributed by atoms with Crippen molar-refractivity contribution in [2.75, 3.05) is 4.90 Å². The van der Waals surface area contributed by atoms with Crippen LogP contribution in [0.25, 0.3) is 6.08 Å². The van der Waals surface area contributed by atoms with Crippen LogP contribution in [0, 0.1) is 0 Å². The van der Waals surface area contributed by atoms with Crippen LogP contribution >= 0.6 is 58.6 Å². The Morgan fingerprint density at radius 3 is 2.42 bits per heavy atom. The first-order chi connectivity index (χ1) is 12.3. The summed E-state index contributed by atoms with van der Waals surface area (Å²) in [5, 5.41) is 3.50. The van der Waals surface area contributed by atoms with E-state index in [1.807, 2.05) is 0 Å². The molecule has 1 fully saturated rings. The lowest BCUT2D eigenvalue weighted by molar-refractivity contribution is -0.122. The Kier molecular flexibility index (Phi) is 5.55. The number of hydrogen-bond donors (Lipinski definition) is 1. The molecule has 1 N–H and O–H groups in total. The number of nitrogens with zero attached hydrogens (tertiary/aromatic N) is 1. The Bertz CT molecular complexity index is 991. The van der Waals surface area contributed by atoms with Gasteiger partial charge in [0.2, 0.25) is 0 Å². The van der Waals surface area contributed by atoms with Crippen molar-refractivity contribution in [3.8, 4) is 0 Å². The number of amides is 2. The third kappa shape index (κ3) is 3.59. The van der Waals surface area contributed by atoms with Crippen molar-refractivity contribution in [2.45, 2.75) is 0 Å². The molecular formula is C17H8Cl4N2O2S. The molecule has 1 aliphatic heterocycles. The predicted molar refractivity (Wildman–Crippen MR) is 109 cm³/mol. The Balaban J connectivity index is 2.09. The molecule has 0 aromatic heterocycles. The Hall–Kier alpha value is -1.63. The highest BCUT2D eigenvalue weighted by molar-refractivity contribution is 7.80. The zero-order chi connectivity index (χ0) is 19.0. The highest BCUT2D eigenvalue weighted by Gasteiger charge is 2.35. The second kappa shape index (κ2) is 7.55. The van der Waals surface area contributed by atoms with Gasteiger partial charge < -0.3 is 0 Å². The van der Waals surface area contributed by atoms with Crippen LogP contribution in [0.1, 0.15) is 5.56 Å². The van der Waals surface area contributed by atoms with Gasteiger partial charge in [0.05, 0.1) is 15.7 Å². The van der Waals surface area contributed by atoms with E-state index in [2.05, 4.69) is 5.32 Å². The molecule has 2 amide bonds. The van der Waals surface area contributed by atoms with Gasteiger partial charge in [-0.3, -0.25) is 19.8 Å². The fourth-order valence-corrected chi connectivity index (χ4v) is 3.43. The number of benzene rings is 2. The third-order valence-electron chi connectivity index (χ3n) is 3.54. The summed E-state index contributed by atoms with van der Waals surface area (Å²) in [6.07, 6.45) is 1.36. The Morgan fingerprint density at radius 1 is 1.00 bits per heavy atom. The SMILES string of the molecule is O=C1NC(=S)N(c2cccc(Cl)c2Cl)C(=O)/C1=C/c1ccc(Cl)cc1Cl. The second-order valence-electron chi connectivity index (χ2n) is 5.20. The average Bonchev–Trinajstić information content (AvgIpc) is 2.57. The number of nitrogens with one attached hydrogen (secondary N) is 1. The molecule has 0 saturated carbocycles.